The Labute approximate surface area is 105 Å². The highest BCUT2D eigenvalue weighted by atomic mass is 16.4. The Bertz CT molecular complexity index is 523. The van der Waals surface area contributed by atoms with Gasteiger partial charge >= 0.3 is 5.97 Å². The van der Waals surface area contributed by atoms with Crippen LogP contribution in [0.5, 0.6) is 0 Å². The second-order valence-corrected chi connectivity index (χ2v) is 4.01. The van der Waals surface area contributed by atoms with Crippen molar-refractivity contribution >= 4 is 11.7 Å². The number of aromatic nitrogens is 1. The van der Waals surface area contributed by atoms with Crippen molar-refractivity contribution in [1.82, 2.24) is 4.98 Å². The summed E-state index contributed by atoms with van der Waals surface area (Å²) in [5.41, 5.74) is 2.02. The zero-order valence-corrected chi connectivity index (χ0v) is 10.00. The number of anilines is 1. The molecule has 0 saturated heterocycles. The molecular weight excluding hydrogens is 228 g/mol. The van der Waals surface area contributed by atoms with Gasteiger partial charge in [0.15, 0.2) is 0 Å². The van der Waals surface area contributed by atoms with Crippen LogP contribution in [-0.2, 0) is 0 Å². The number of nitrogens with one attached hydrogen (secondary N) is 1. The van der Waals surface area contributed by atoms with E-state index in [0.29, 0.717) is 0 Å². The molecule has 2 rings (SSSR count). The highest BCUT2D eigenvalue weighted by Gasteiger charge is 2.06. The molecule has 92 valence electrons. The van der Waals surface area contributed by atoms with Crippen molar-refractivity contribution in [2.24, 2.45) is 0 Å². The Kier molecular flexibility index (Phi) is 3.57. The van der Waals surface area contributed by atoms with Gasteiger partial charge in [-0.1, -0.05) is 30.3 Å². The van der Waals surface area contributed by atoms with Crippen LogP contribution < -0.4 is 5.32 Å². The van der Waals surface area contributed by atoms with Crippen molar-refractivity contribution in [3.63, 3.8) is 0 Å². The lowest BCUT2D eigenvalue weighted by molar-refractivity contribution is 0.0690. The minimum Gasteiger partial charge on any atom is -0.477 e. The largest absolute Gasteiger partial charge is 0.477 e. The lowest BCUT2D eigenvalue weighted by Gasteiger charge is -2.15. The van der Waals surface area contributed by atoms with Gasteiger partial charge in [0.1, 0.15) is 5.69 Å². The lowest BCUT2D eigenvalue weighted by atomic mass is 10.1. The summed E-state index contributed by atoms with van der Waals surface area (Å²) in [6.07, 6.45) is 1.53. The zero-order chi connectivity index (χ0) is 13.0. The first-order valence-electron chi connectivity index (χ1n) is 5.67. The van der Waals surface area contributed by atoms with Crippen molar-refractivity contribution in [2.45, 2.75) is 13.0 Å². The highest BCUT2D eigenvalue weighted by molar-refractivity contribution is 5.85. The predicted octanol–water partition coefficient (Wildman–Crippen LogP) is 2.95. The summed E-state index contributed by atoms with van der Waals surface area (Å²) in [6, 6.07) is 13.4. The minimum absolute atomic E-state index is 0.0490. The summed E-state index contributed by atoms with van der Waals surface area (Å²) in [7, 11) is 0. The quantitative estimate of drug-likeness (QED) is 0.865. The normalized spacial score (nSPS) is 11.8. The smallest absolute Gasteiger partial charge is 0.354 e. The summed E-state index contributed by atoms with van der Waals surface area (Å²) < 4.78 is 0. The molecule has 0 aliphatic heterocycles. The number of benzene rings is 1. The van der Waals surface area contributed by atoms with Crippen molar-refractivity contribution in [1.29, 1.82) is 0 Å². The van der Waals surface area contributed by atoms with E-state index < -0.39 is 5.97 Å². The maximum Gasteiger partial charge on any atom is 0.354 e. The SMILES string of the molecule is C[C@@H](Nc1ccc(C(=O)O)nc1)c1ccccc1. The first kappa shape index (κ1) is 12.1. The Balaban J connectivity index is 2.08. The first-order chi connectivity index (χ1) is 8.66. The average molecular weight is 242 g/mol. The maximum absolute atomic E-state index is 10.7. The molecule has 0 saturated carbocycles. The summed E-state index contributed by atoms with van der Waals surface area (Å²) in [4.78, 5) is 14.5. The van der Waals surface area contributed by atoms with Gasteiger partial charge in [-0.25, -0.2) is 9.78 Å². The number of aromatic carboxylic acids is 1. The zero-order valence-electron chi connectivity index (χ0n) is 10.00. The van der Waals surface area contributed by atoms with Crippen LogP contribution in [0.3, 0.4) is 0 Å². The molecule has 4 heteroatoms. The Morgan fingerprint density at radius 3 is 2.50 bits per heavy atom. The predicted molar refractivity (Wildman–Crippen MR) is 69.7 cm³/mol. The van der Waals surface area contributed by atoms with Crippen LogP contribution in [0.15, 0.2) is 48.7 Å². The molecule has 1 heterocycles. The van der Waals surface area contributed by atoms with Gasteiger partial charge < -0.3 is 10.4 Å². The Morgan fingerprint density at radius 2 is 1.94 bits per heavy atom. The van der Waals surface area contributed by atoms with E-state index in [9.17, 15) is 4.79 Å². The summed E-state index contributed by atoms with van der Waals surface area (Å²) in [5.74, 6) is -1.02. The fourth-order valence-corrected chi connectivity index (χ4v) is 1.68. The van der Waals surface area contributed by atoms with Gasteiger partial charge in [0.25, 0.3) is 0 Å². The van der Waals surface area contributed by atoms with Gasteiger partial charge in [-0.15, -0.1) is 0 Å². The number of nitrogens with zero attached hydrogens (tertiary/aromatic N) is 1. The molecule has 0 fully saturated rings. The van der Waals surface area contributed by atoms with Crippen LogP contribution in [-0.4, -0.2) is 16.1 Å². The standard InChI is InChI=1S/C14H14N2O2/c1-10(11-5-3-2-4-6-11)16-12-7-8-13(14(17)18)15-9-12/h2-10,16H,1H3,(H,17,18)/t10-/m1/s1. The van der Waals surface area contributed by atoms with Crippen LogP contribution in [0.4, 0.5) is 5.69 Å². The number of hydrogen-bond acceptors (Lipinski definition) is 3. The molecule has 1 aromatic carbocycles. The fourth-order valence-electron chi connectivity index (χ4n) is 1.68. The van der Waals surface area contributed by atoms with Gasteiger partial charge in [0, 0.05) is 6.04 Å². The molecule has 4 nitrogen and oxygen atoms in total. The molecule has 0 unspecified atom stereocenters. The number of pyridine rings is 1. The van der Waals surface area contributed by atoms with Crippen molar-refractivity contribution in [3.05, 3.63) is 59.9 Å². The van der Waals surface area contributed by atoms with Crippen molar-refractivity contribution < 1.29 is 9.90 Å². The minimum atomic E-state index is -1.02. The van der Waals surface area contributed by atoms with Crippen LogP contribution in [0.1, 0.15) is 29.0 Å². The van der Waals surface area contributed by atoms with E-state index in [4.69, 9.17) is 5.11 Å². The molecule has 0 aliphatic carbocycles. The number of carboxylic acid groups (broad SMARTS) is 1. The number of rotatable bonds is 4. The summed E-state index contributed by atoms with van der Waals surface area (Å²) >= 11 is 0. The molecule has 1 atom stereocenters. The molecule has 0 spiro atoms. The van der Waals surface area contributed by atoms with Gasteiger partial charge in [0.2, 0.25) is 0 Å². The molecule has 2 aromatic rings. The Morgan fingerprint density at radius 1 is 1.22 bits per heavy atom. The molecule has 0 amide bonds. The monoisotopic (exact) mass is 242 g/mol. The third-order valence-corrected chi connectivity index (χ3v) is 2.67. The first-order valence-corrected chi connectivity index (χ1v) is 5.67. The summed E-state index contributed by atoms with van der Waals surface area (Å²) in [5, 5.41) is 12.0. The van der Waals surface area contributed by atoms with E-state index in [1.165, 1.54) is 17.8 Å². The second-order valence-electron chi connectivity index (χ2n) is 4.01. The van der Waals surface area contributed by atoms with E-state index in [0.717, 1.165) is 5.69 Å². The number of hydrogen-bond donors (Lipinski definition) is 2. The molecule has 0 radical (unpaired) electrons. The number of carboxylic acids is 1. The van der Waals surface area contributed by atoms with E-state index >= 15 is 0 Å². The molecule has 1 aromatic heterocycles. The van der Waals surface area contributed by atoms with Crippen LogP contribution in [0.2, 0.25) is 0 Å². The topological polar surface area (TPSA) is 62.2 Å². The third kappa shape index (κ3) is 2.85. The second kappa shape index (κ2) is 5.31. The van der Waals surface area contributed by atoms with Crippen molar-refractivity contribution in [2.75, 3.05) is 5.32 Å². The molecular formula is C14H14N2O2. The maximum atomic E-state index is 10.7. The fraction of sp³-hybridized carbons (Fsp3) is 0.143. The lowest BCUT2D eigenvalue weighted by Crippen LogP contribution is -2.07. The molecule has 2 N–H and O–H groups in total. The molecule has 0 bridgehead atoms. The molecule has 0 aliphatic rings. The summed E-state index contributed by atoms with van der Waals surface area (Å²) in [6.45, 7) is 2.04. The van der Waals surface area contributed by atoms with Crippen LogP contribution in [0.25, 0.3) is 0 Å². The van der Waals surface area contributed by atoms with Crippen molar-refractivity contribution in [3.8, 4) is 0 Å². The van der Waals surface area contributed by atoms with E-state index in [2.05, 4.69) is 10.3 Å². The van der Waals surface area contributed by atoms with Crippen LogP contribution >= 0.6 is 0 Å². The number of carbonyl (C=O) groups is 1. The van der Waals surface area contributed by atoms with E-state index in [-0.39, 0.29) is 11.7 Å². The van der Waals surface area contributed by atoms with Crippen LogP contribution in [0, 0.1) is 0 Å². The van der Waals surface area contributed by atoms with E-state index in [1.54, 1.807) is 6.07 Å². The Hall–Kier alpha value is -2.36. The van der Waals surface area contributed by atoms with Gasteiger partial charge in [-0.05, 0) is 24.6 Å². The van der Waals surface area contributed by atoms with Gasteiger partial charge in [0.05, 0.1) is 11.9 Å². The van der Waals surface area contributed by atoms with Gasteiger partial charge in [-0.2, -0.15) is 0 Å². The van der Waals surface area contributed by atoms with E-state index in [1.807, 2.05) is 37.3 Å². The average Bonchev–Trinajstić information content (AvgIpc) is 2.40. The molecule has 18 heavy (non-hydrogen) atoms. The van der Waals surface area contributed by atoms with Gasteiger partial charge in [-0.3, -0.25) is 0 Å². The highest BCUT2D eigenvalue weighted by Crippen LogP contribution is 2.18. The third-order valence-electron chi connectivity index (χ3n) is 2.67.